The topological polar surface area (TPSA) is 78.4 Å². The zero-order chi connectivity index (χ0) is 19.9. The lowest BCUT2D eigenvalue weighted by molar-refractivity contribution is -0.116. The number of thioether (sulfide) groups is 1. The largest absolute Gasteiger partial charge is 0.368 e. The molecule has 146 valence electrons. The van der Waals surface area contributed by atoms with Crippen LogP contribution in [0.3, 0.4) is 0 Å². The molecule has 0 bridgehead atoms. The fourth-order valence-electron chi connectivity index (χ4n) is 2.98. The highest BCUT2D eigenvalue weighted by molar-refractivity contribution is 8.16. The number of carbonyl (C=O) groups excluding carboxylic acids is 2. The number of aryl methyl sites for hydroxylation is 1. The molecule has 0 aliphatic carbocycles. The molecular weight excluding hydrogens is 374 g/mol. The summed E-state index contributed by atoms with van der Waals surface area (Å²) in [4.78, 5) is 36.4. The summed E-state index contributed by atoms with van der Waals surface area (Å²) < 4.78 is 0. The third kappa shape index (κ3) is 4.89. The van der Waals surface area contributed by atoms with Crippen molar-refractivity contribution in [1.82, 2.24) is 15.3 Å². The van der Waals surface area contributed by atoms with E-state index in [9.17, 15) is 9.59 Å². The lowest BCUT2D eigenvalue weighted by Crippen LogP contribution is -2.47. The van der Waals surface area contributed by atoms with Crippen LogP contribution in [0, 0.1) is 6.92 Å². The van der Waals surface area contributed by atoms with Crippen molar-refractivity contribution in [2.24, 2.45) is 0 Å². The van der Waals surface area contributed by atoms with E-state index in [0.29, 0.717) is 22.2 Å². The SMILES string of the molecule is CNC(=O)/C(=C/c1ccnc(N2CCN(c3ccc(C)cc3)CC2)n1)SC=O. The summed E-state index contributed by atoms with van der Waals surface area (Å²) in [6.07, 6.45) is 3.28. The summed E-state index contributed by atoms with van der Waals surface area (Å²) in [6.45, 7) is 5.48. The molecule has 1 amide bonds. The van der Waals surface area contributed by atoms with Crippen LogP contribution in [0.5, 0.6) is 0 Å². The third-order valence-corrected chi connectivity index (χ3v) is 5.18. The lowest BCUT2D eigenvalue weighted by atomic mass is 10.2. The minimum Gasteiger partial charge on any atom is -0.368 e. The normalized spacial score (nSPS) is 14.7. The molecule has 0 radical (unpaired) electrons. The van der Waals surface area contributed by atoms with Crippen molar-refractivity contribution < 1.29 is 9.59 Å². The maximum atomic E-state index is 11.9. The van der Waals surface area contributed by atoms with Gasteiger partial charge in [0.1, 0.15) is 0 Å². The van der Waals surface area contributed by atoms with Gasteiger partial charge < -0.3 is 15.1 Å². The summed E-state index contributed by atoms with van der Waals surface area (Å²) in [6, 6.07) is 10.3. The molecule has 1 N–H and O–H groups in total. The van der Waals surface area contributed by atoms with E-state index in [-0.39, 0.29) is 5.91 Å². The summed E-state index contributed by atoms with van der Waals surface area (Å²) in [7, 11) is 1.53. The number of nitrogens with zero attached hydrogens (tertiary/aromatic N) is 4. The second-order valence-corrected chi connectivity index (χ2v) is 7.26. The van der Waals surface area contributed by atoms with E-state index in [0.717, 1.165) is 37.9 Å². The van der Waals surface area contributed by atoms with Gasteiger partial charge in [0.25, 0.3) is 5.91 Å². The van der Waals surface area contributed by atoms with Crippen molar-refractivity contribution in [2.45, 2.75) is 6.92 Å². The van der Waals surface area contributed by atoms with Gasteiger partial charge in [-0.25, -0.2) is 9.97 Å². The molecule has 2 heterocycles. The van der Waals surface area contributed by atoms with E-state index < -0.39 is 0 Å². The second-order valence-electron chi connectivity index (χ2n) is 6.39. The number of likely N-dealkylation sites (N-methyl/N-ethyl adjacent to an activating group) is 1. The minimum absolute atomic E-state index is 0.298. The molecule has 7 nitrogen and oxygen atoms in total. The number of benzene rings is 1. The molecular formula is C20H23N5O2S. The molecule has 1 saturated heterocycles. The molecule has 1 aromatic heterocycles. The van der Waals surface area contributed by atoms with E-state index in [1.807, 2.05) is 0 Å². The predicted molar refractivity (Wildman–Crippen MR) is 114 cm³/mol. The molecule has 1 fully saturated rings. The van der Waals surface area contributed by atoms with Crippen LogP contribution in [-0.2, 0) is 9.59 Å². The average molecular weight is 398 g/mol. The van der Waals surface area contributed by atoms with Crippen LogP contribution in [0.15, 0.2) is 41.4 Å². The summed E-state index contributed by atoms with van der Waals surface area (Å²) in [5, 5.41) is 2.53. The third-order valence-electron chi connectivity index (χ3n) is 4.53. The quantitative estimate of drug-likeness (QED) is 0.591. The molecule has 3 rings (SSSR count). The lowest BCUT2D eigenvalue weighted by Gasteiger charge is -2.36. The van der Waals surface area contributed by atoms with Crippen LogP contribution in [0.1, 0.15) is 11.3 Å². The standard InChI is InChI=1S/C20H23N5O2S/c1-15-3-5-17(6-4-15)24-9-11-25(12-10-24)20-22-8-7-16(23-20)13-18(28-14-26)19(27)21-2/h3-8,13-14H,9-12H2,1-2H3,(H,21,27)/b18-13-. The summed E-state index contributed by atoms with van der Waals surface area (Å²) >= 11 is 0.832. The number of hydrogen-bond acceptors (Lipinski definition) is 7. The van der Waals surface area contributed by atoms with Crippen LogP contribution in [-0.4, -0.2) is 54.7 Å². The first kappa shape index (κ1) is 19.9. The van der Waals surface area contributed by atoms with E-state index in [1.165, 1.54) is 18.3 Å². The number of aromatic nitrogens is 2. The Hall–Kier alpha value is -2.87. The van der Waals surface area contributed by atoms with Crippen molar-refractivity contribution in [2.75, 3.05) is 43.0 Å². The fraction of sp³-hybridized carbons (Fsp3) is 0.300. The Kier molecular flexibility index (Phi) is 6.65. The molecule has 0 saturated carbocycles. The predicted octanol–water partition coefficient (Wildman–Crippen LogP) is 2.12. The second kappa shape index (κ2) is 9.36. The van der Waals surface area contributed by atoms with Crippen LogP contribution in [0.25, 0.3) is 6.08 Å². The van der Waals surface area contributed by atoms with E-state index >= 15 is 0 Å². The molecule has 0 unspecified atom stereocenters. The van der Waals surface area contributed by atoms with Crippen molar-refractivity contribution in [3.63, 3.8) is 0 Å². The van der Waals surface area contributed by atoms with Gasteiger partial charge in [0.05, 0.1) is 10.6 Å². The van der Waals surface area contributed by atoms with E-state index in [1.54, 1.807) is 18.3 Å². The Balaban J connectivity index is 1.70. The van der Waals surface area contributed by atoms with E-state index in [2.05, 4.69) is 56.3 Å². The number of nitrogens with one attached hydrogen (secondary N) is 1. The molecule has 2 aromatic rings. The summed E-state index contributed by atoms with van der Waals surface area (Å²) in [5.74, 6) is 0.314. The van der Waals surface area contributed by atoms with Gasteiger partial charge in [-0.05, 0) is 43.0 Å². The monoisotopic (exact) mass is 397 g/mol. The molecule has 1 aromatic carbocycles. The zero-order valence-electron chi connectivity index (χ0n) is 16.0. The van der Waals surface area contributed by atoms with Crippen molar-refractivity contribution in [1.29, 1.82) is 0 Å². The average Bonchev–Trinajstić information content (AvgIpc) is 2.74. The maximum absolute atomic E-state index is 11.9. The Bertz CT molecular complexity index is 861. The Morgan fingerprint density at radius 1 is 1.11 bits per heavy atom. The number of rotatable bonds is 6. The van der Waals surface area contributed by atoms with Gasteiger partial charge in [-0.1, -0.05) is 17.7 Å². The first-order valence-corrected chi connectivity index (χ1v) is 9.92. The fourth-order valence-corrected chi connectivity index (χ4v) is 3.48. The highest BCUT2D eigenvalue weighted by atomic mass is 32.2. The molecule has 28 heavy (non-hydrogen) atoms. The van der Waals surface area contributed by atoms with Crippen LogP contribution in [0.4, 0.5) is 11.6 Å². The molecule has 1 aliphatic rings. The Morgan fingerprint density at radius 3 is 2.43 bits per heavy atom. The van der Waals surface area contributed by atoms with Gasteiger partial charge in [-0.2, -0.15) is 0 Å². The van der Waals surface area contributed by atoms with Crippen molar-refractivity contribution in [3.8, 4) is 0 Å². The van der Waals surface area contributed by atoms with Crippen LogP contribution in [0.2, 0.25) is 0 Å². The van der Waals surface area contributed by atoms with Crippen molar-refractivity contribution >= 4 is 41.0 Å². The molecule has 0 spiro atoms. The number of anilines is 2. The van der Waals surface area contributed by atoms with Gasteiger partial charge in [-0.15, -0.1) is 0 Å². The van der Waals surface area contributed by atoms with Gasteiger partial charge in [-0.3, -0.25) is 9.59 Å². The van der Waals surface area contributed by atoms with Gasteiger partial charge in [0.2, 0.25) is 5.95 Å². The molecule has 8 heteroatoms. The van der Waals surface area contributed by atoms with Gasteiger partial charge in [0, 0.05) is 45.1 Å². The van der Waals surface area contributed by atoms with Crippen LogP contribution >= 0.6 is 11.8 Å². The molecule has 0 atom stereocenters. The number of carbonyl (C=O) groups is 2. The number of hydrogen-bond donors (Lipinski definition) is 1. The smallest absolute Gasteiger partial charge is 0.257 e. The highest BCUT2D eigenvalue weighted by Gasteiger charge is 2.19. The first-order chi connectivity index (χ1) is 13.6. The van der Waals surface area contributed by atoms with Crippen molar-refractivity contribution in [3.05, 3.63) is 52.7 Å². The van der Waals surface area contributed by atoms with Gasteiger partial charge >= 0.3 is 0 Å². The maximum Gasteiger partial charge on any atom is 0.257 e. The van der Waals surface area contributed by atoms with Gasteiger partial charge in [0.15, 0.2) is 5.62 Å². The highest BCUT2D eigenvalue weighted by Crippen LogP contribution is 2.20. The zero-order valence-corrected chi connectivity index (χ0v) is 16.8. The Labute approximate surface area is 168 Å². The van der Waals surface area contributed by atoms with Crippen LogP contribution < -0.4 is 15.1 Å². The first-order valence-electron chi connectivity index (χ1n) is 9.04. The minimum atomic E-state index is -0.316. The molecule has 1 aliphatic heterocycles. The van der Waals surface area contributed by atoms with E-state index in [4.69, 9.17) is 0 Å². The number of piperazine rings is 1. The Morgan fingerprint density at radius 2 is 1.79 bits per heavy atom. The summed E-state index contributed by atoms with van der Waals surface area (Å²) in [5.41, 5.74) is 3.71. The number of amides is 1.